The highest BCUT2D eigenvalue weighted by molar-refractivity contribution is 5.72. The second-order valence-electron chi connectivity index (χ2n) is 4.99. The highest BCUT2D eigenvalue weighted by atomic mass is 15.4. The molecular formula is C15H16N6. The number of hydrogen-bond acceptors (Lipinski definition) is 5. The molecule has 1 aromatic carbocycles. The molecule has 1 aromatic heterocycles. The Balaban J connectivity index is 2.44. The third-order valence-corrected chi connectivity index (χ3v) is 3.14. The molecule has 106 valence electrons. The molecule has 2 rings (SSSR count). The van der Waals surface area contributed by atoms with Gasteiger partial charge >= 0.3 is 0 Å². The standard InChI is InChI=1S/C15H16N6/c1-9(2)21-15(14(18)10(3)20-21)19-13-5-4-11(7-16)12(6-13)8-17/h4-6,9,19H,18H2,1-3H3. The van der Waals surface area contributed by atoms with Gasteiger partial charge in [0, 0.05) is 11.7 Å². The van der Waals surface area contributed by atoms with Crippen LogP contribution in [0.25, 0.3) is 0 Å². The number of anilines is 3. The number of rotatable bonds is 3. The number of nitrogens with zero attached hydrogens (tertiary/aromatic N) is 4. The monoisotopic (exact) mass is 280 g/mol. The van der Waals surface area contributed by atoms with Gasteiger partial charge in [-0.25, -0.2) is 4.68 Å². The Morgan fingerprint density at radius 2 is 1.90 bits per heavy atom. The average Bonchev–Trinajstić information content (AvgIpc) is 2.75. The van der Waals surface area contributed by atoms with Crippen molar-refractivity contribution in [1.29, 1.82) is 10.5 Å². The van der Waals surface area contributed by atoms with Crippen LogP contribution in [0.1, 0.15) is 36.7 Å². The highest BCUT2D eigenvalue weighted by Gasteiger charge is 2.15. The number of nitrogens with two attached hydrogens (primary N) is 1. The minimum Gasteiger partial charge on any atom is -0.394 e. The fraction of sp³-hybridized carbons (Fsp3) is 0.267. The normalized spacial score (nSPS) is 10.2. The van der Waals surface area contributed by atoms with E-state index < -0.39 is 0 Å². The van der Waals surface area contributed by atoms with Crippen LogP contribution in [0.3, 0.4) is 0 Å². The molecule has 0 aliphatic carbocycles. The SMILES string of the molecule is Cc1nn(C(C)C)c(Nc2ccc(C#N)c(C#N)c2)c1N. The van der Waals surface area contributed by atoms with Gasteiger partial charge in [0.05, 0.1) is 22.5 Å². The highest BCUT2D eigenvalue weighted by Crippen LogP contribution is 2.29. The van der Waals surface area contributed by atoms with Gasteiger partial charge in [-0.05, 0) is 39.0 Å². The molecule has 0 saturated carbocycles. The molecule has 2 aromatic rings. The van der Waals surface area contributed by atoms with E-state index in [1.807, 2.05) is 32.9 Å². The van der Waals surface area contributed by atoms with Crippen molar-refractivity contribution >= 4 is 17.2 Å². The van der Waals surface area contributed by atoms with Gasteiger partial charge in [-0.1, -0.05) is 0 Å². The fourth-order valence-corrected chi connectivity index (χ4v) is 2.01. The summed E-state index contributed by atoms with van der Waals surface area (Å²) in [6.07, 6.45) is 0. The summed E-state index contributed by atoms with van der Waals surface area (Å²) in [5, 5.41) is 25.6. The van der Waals surface area contributed by atoms with E-state index in [4.69, 9.17) is 16.3 Å². The summed E-state index contributed by atoms with van der Waals surface area (Å²) < 4.78 is 1.80. The number of nitriles is 2. The second kappa shape index (κ2) is 5.56. The van der Waals surface area contributed by atoms with Crippen molar-refractivity contribution in [3.05, 3.63) is 35.0 Å². The third-order valence-electron chi connectivity index (χ3n) is 3.14. The summed E-state index contributed by atoms with van der Waals surface area (Å²) in [4.78, 5) is 0. The van der Waals surface area contributed by atoms with Crippen molar-refractivity contribution < 1.29 is 0 Å². The number of hydrogen-bond donors (Lipinski definition) is 2. The lowest BCUT2D eigenvalue weighted by Gasteiger charge is -2.13. The zero-order valence-electron chi connectivity index (χ0n) is 12.2. The Morgan fingerprint density at radius 3 is 2.48 bits per heavy atom. The number of aryl methyl sites for hydroxylation is 1. The van der Waals surface area contributed by atoms with Crippen molar-refractivity contribution in [2.45, 2.75) is 26.8 Å². The summed E-state index contributed by atoms with van der Waals surface area (Å²) >= 11 is 0. The van der Waals surface area contributed by atoms with Crippen LogP contribution in [0.4, 0.5) is 17.2 Å². The summed E-state index contributed by atoms with van der Waals surface area (Å²) in [5.41, 5.74) is 8.75. The minimum absolute atomic E-state index is 0.150. The maximum Gasteiger partial charge on any atom is 0.152 e. The first-order valence-electron chi connectivity index (χ1n) is 6.53. The Morgan fingerprint density at radius 1 is 1.24 bits per heavy atom. The van der Waals surface area contributed by atoms with E-state index in [1.165, 1.54) is 0 Å². The maximum atomic E-state index is 9.07. The van der Waals surface area contributed by atoms with E-state index in [0.717, 1.165) is 5.69 Å². The zero-order chi connectivity index (χ0) is 15.6. The molecule has 21 heavy (non-hydrogen) atoms. The number of aromatic nitrogens is 2. The van der Waals surface area contributed by atoms with Crippen LogP contribution in [0.2, 0.25) is 0 Å². The molecule has 0 unspecified atom stereocenters. The Labute approximate surface area is 123 Å². The van der Waals surface area contributed by atoms with Crippen molar-refractivity contribution in [2.24, 2.45) is 0 Å². The molecule has 6 heteroatoms. The summed E-state index contributed by atoms with van der Waals surface area (Å²) in [6.45, 7) is 5.87. The van der Waals surface area contributed by atoms with Crippen LogP contribution in [-0.2, 0) is 0 Å². The minimum atomic E-state index is 0.150. The van der Waals surface area contributed by atoms with Crippen LogP contribution in [0, 0.1) is 29.6 Å². The molecule has 0 atom stereocenters. The van der Waals surface area contributed by atoms with Gasteiger partial charge in [0.25, 0.3) is 0 Å². The van der Waals surface area contributed by atoms with Gasteiger partial charge < -0.3 is 11.1 Å². The van der Waals surface area contributed by atoms with E-state index >= 15 is 0 Å². The largest absolute Gasteiger partial charge is 0.394 e. The maximum absolute atomic E-state index is 9.07. The van der Waals surface area contributed by atoms with Crippen LogP contribution >= 0.6 is 0 Å². The molecule has 0 aliphatic heterocycles. The van der Waals surface area contributed by atoms with E-state index in [9.17, 15) is 0 Å². The van der Waals surface area contributed by atoms with Gasteiger partial charge in [0.1, 0.15) is 12.1 Å². The predicted octanol–water partition coefficient (Wildman–Crippen LogP) is 2.84. The lowest BCUT2D eigenvalue weighted by molar-refractivity contribution is 0.536. The third kappa shape index (κ3) is 2.65. The molecule has 0 bridgehead atoms. The van der Waals surface area contributed by atoms with Crippen molar-refractivity contribution in [3.63, 3.8) is 0 Å². The molecule has 1 heterocycles. The van der Waals surface area contributed by atoms with Crippen LogP contribution in [0.5, 0.6) is 0 Å². The molecule has 6 nitrogen and oxygen atoms in total. The van der Waals surface area contributed by atoms with Crippen molar-refractivity contribution in [1.82, 2.24) is 9.78 Å². The molecule has 0 amide bonds. The van der Waals surface area contributed by atoms with Gasteiger partial charge in [-0.3, -0.25) is 0 Å². The van der Waals surface area contributed by atoms with Crippen molar-refractivity contribution in [3.8, 4) is 12.1 Å². The molecule has 0 saturated heterocycles. The molecule has 0 spiro atoms. The Bertz CT molecular complexity index is 758. The first-order valence-corrected chi connectivity index (χ1v) is 6.53. The van der Waals surface area contributed by atoms with E-state index in [-0.39, 0.29) is 6.04 Å². The van der Waals surface area contributed by atoms with Crippen LogP contribution < -0.4 is 11.1 Å². The van der Waals surface area contributed by atoms with E-state index in [2.05, 4.69) is 10.4 Å². The Kier molecular flexibility index (Phi) is 3.82. The van der Waals surface area contributed by atoms with E-state index in [1.54, 1.807) is 22.9 Å². The fourth-order valence-electron chi connectivity index (χ4n) is 2.01. The van der Waals surface area contributed by atoms with Crippen molar-refractivity contribution in [2.75, 3.05) is 11.1 Å². The van der Waals surface area contributed by atoms with Gasteiger partial charge in [0.15, 0.2) is 5.82 Å². The van der Waals surface area contributed by atoms with Crippen LogP contribution in [0.15, 0.2) is 18.2 Å². The topological polar surface area (TPSA) is 103 Å². The molecular weight excluding hydrogens is 264 g/mol. The molecule has 0 aliphatic rings. The number of nitrogens with one attached hydrogen (secondary N) is 1. The predicted molar refractivity (Wildman–Crippen MR) is 80.9 cm³/mol. The molecule has 0 fully saturated rings. The Hall–Kier alpha value is -2.99. The summed E-state index contributed by atoms with van der Waals surface area (Å²) in [7, 11) is 0. The zero-order valence-corrected chi connectivity index (χ0v) is 12.2. The van der Waals surface area contributed by atoms with Crippen LogP contribution in [-0.4, -0.2) is 9.78 Å². The van der Waals surface area contributed by atoms with E-state index in [0.29, 0.717) is 28.3 Å². The lowest BCUT2D eigenvalue weighted by Crippen LogP contribution is -2.08. The first kappa shape index (κ1) is 14.4. The summed E-state index contributed by atoms with van der Waals surface area (Å²) in [5.74, 6) is 0.691. The van der Waals surface area contributed by atoms with Gasteiger partial charge in [0.2, 0.25) is 0 Å². The second-order valence-corrected chi connectivity index (χ2v) is 4.99. The molecule has 3 N–H and O–H groups in total. The van der Waals surface area contributed by atoms with Gasteiger partial charge in [-0.2, -0.15) is 15.6 Å². The van der Waals surface area contributed by atoms with Gasteiger partial charge in [-0.15, -0.1) is 0 Å². The smallest absolute Gasteiger partial charge is 0.152 e. The average molecular weight is 280 g/mol. The molecule has 0 radical (unpaired) electrons. The number of nitrogen functional groups attached to an aromatic ring is 1. The first-order chi connectivity index (χ1) is 9.97. The number of benzene rings is 1. The summed E-state index contributed by atoms with van der Waals surface area (Å²) in [6, 6.07) is 9.14. The quantitative estimate of drug-likeness (QED) is 0.899. The lowest BCUT2D eigenvalue weighted by atomic mass is 10.1.